The summed E-state index contributed by atoms with van der Waals surface area (Å²) in [6.45, 7) is -0.107. The van der Waals surface area contributed by atoms with Gasteiger partial charge in [0.05, 0.1) is 18.4 Å². The predicted octanol–water partition coefficient (Wildman–Crippen LogP) is 0.329. The Bertz CT molecular complexity index is 756. The number of sulfonamides is 1. The summed E-state index contributed by atoms with van der Waals surface area (Å²) in [5.74, 6) is -0.147. The average molecular weight is 322 g/mol. The minimum atomic E-state index is -3.53. The summed E-state index contributed by atoms with van der Waals surface area (Å²) in [5, 5.41) is 9.87. The third kappa shape index (κ3) is 5.10. The first-order valence-electron chi connectivity index (χ1n) is 6.81. The summed E-state index contributed by atoms with van der Waals surface area (Å²) in [6, 6.07) is 13.4. The number of rotatable bonds is 7. The lowest BCUT2D eigenvalue weighted by Gasteiger charge is -2.13. The fraction of sp³-hybridized carbons (Fsp3) is 0.267. The minimum absolute atomic E-state index is 0.0352. The Labute approximate surface area is 129 Å². The third-order valence-corrected chi connectivity index (χ3v) is 4.36. The van der Waals surface area contributed by atoms with Gasteiger partial charge in [-0.2, -0.15) is 0 Å². The minimum Gasteiger partial charge on any atom is -0.390 e. The molecule has 2 aromatic rings. The summed E-state index contributed by atoms with van der Waals surface area (Å²) >= 11 is 0. The molecule has 0 saturated heterocycles. The van der Waals surface area contributed by atoms with E-state index in [1.807, 2.05) is 6.07 Å². The lowest BCUT2D eigenvalue weighted by Crippen LogP contribution is -2.36. The van der Waals surface area contributed by atoms with Gasteiger partial charge in [-0.1, -0.05) is 36.4 Å². The van der Waals surface area contributed by atoms with Crippen molar-refractivity contribution >= 4 is 10.0 Å². The van der Waals surface area contributed by atoms with Crippen molar-refractivity contribution in [2.75, 3.05) is 6.54 Å². The molecule has 0 radical (unpaired) electrons. The van der Waals surface area contributed by atoms with Crippen LogP contribution in [0.4, 0.5) is 0 Å². The summed E-state index contributed by atoms with van der Waals surface area (Å²) < 4.78 is 27.5. The van der Waals surface area contributed by atoms with Gasteiger partial charge in [-0.15, -0.1) is 0 Å². The highest BCUT2D eigenvalue weighted by atomic mass is 32.2. The first-order valence-corrected chi connectivity index (χ1v) is 8.46. The lowest BCUT2D eigenvalue weighted by atomic mass is 10.2. The van der Waals surface area contributed by atoms with Gasteiger partial charge in [-0.3, -0.25) is 4.79 Å². The highest BCUT2D eigenvalue weighted by Crippen LogP contribution is 2.04. The number of pyridine rings is 1. The van der Waals surface area contributed by atoms with Crippen LogP contribution in [0.25, 0.3) is 0 Å². The molecule has 1 aromatic heterocycles. The van der Waals surface area contributed by atoms with E-state index in [0.29, 0.717) is 5.56 Å². The van der Waals surface area contributed by atoms with E-state index in [1.165, 1.54) is 10.6 Å². The van der Waals surface area contributed by atoms with E-state index in [0.717, 1.165) is 0 Å². The van der Waals surface area contributed by atoms with Gasteiger partial charge >= 0.3 is 0 Å². The van der Waals surface area contributed by atoms with Gasteiger partial charge in [0.1, 0.15) is 0 Å². The highest BCUT2D eigenvalue weighted by Gasteiger charge is 2.14. The van der Waals surface area contributed by atoms with Gasteiger partial charge in [0.25, 0.3) is 5.56 Å². The maximum Gasteiger partial charge on any atom is 0.250 e. The molecule has 0 aliphatic carbocycles. The fourth-order valence-corrected chi connectivity index (χ4v) is 3.15. The molecule has 22 heavy (non-hydrogen) atoms. The molecule has 118 valence electrons. The second-order valence-electron chi connectivity index (χ2n) is 4.94. The molecule has 0 amide bonds. The summed E-state index contributed by atoms with van der Waals surface area (Å²) in [5.41, 5.74) is 0.428. The first kappa shape index (κ1) is 16.4. The monoisotopic (exact) mass is 322 g/mol. The van der Waals surface area contributed by atoms with Crippen molar-refractivity contribution in [3.05, 3.63) is 70.6 Å². The zero-order valence-electron chi connectivity index (χ0n) is 11.9. The Morgan fingerprint density at radius 1 is 1.09 bits per heavy atom. The Morgan fingerprint density at radius 2 is 1.77 bits per heavy atom. The largest absolute Gasteiger partial charge is 0.390 e. The number of aliphatic hydroxyl groups excluding tert-OH is 1. The average Bonchev–Trinajstić information content (AvgIpc) is 2.48. The van der Waals surface area contributed by atoms with Crippen LogP contribution in [-0.4, -0.2) is 30.7 Å². The second kappa shape index (κ2) is 7.35. The lowest BCUT2D eigenvalue weighted by molar-refractivity contribution is 0.156. The molecule has 7 heteroatoms. The maximum absolute atomic E-state index is 11.9. The molecule has 0 spiro atoms. The van der Waals surface area contributed by atoms with Gasteiger partial charge in [-0.25, -0.2) is 13.1 Å². The molecule has 2 N–H and O–H groups in total. The molecule has 1 aromatic carbocycles. The molecule has 0 aliphatic rings. The SMILES string of the molecule is O=c1ccccn1CC(O)CNS(=O)(=O)Cc1ccccc1. The van der Waals surface area contributed by atoms with Gasteiger partial charge in [-0.05, 0) is 11.6 Å². The summed E-state index contributed by atoms with van der Waals surface area (Å²) in [4.78, 5) is 11.5. The Balaban J connectivity index is 1.89. The Kier molecular flexibility index (Phi) is 5.48. The van der Waals surface area contributed by atoms with Crippen molar-refractivity contribution in [1.29, 1.82) is 0 Å². The molecule has 0 bridgehead atoms. The van der Waals surface area contributed by atoms with E-state index in [4.69, 9.17) is 0 Å². The van der Waals surface area contributed by atoms with Gasteiger partial charge in [0.15, 0.2) is 0 Å². The van der Waals surface area contributed by atoms with Crippen LogP contribution in [0.1, 0.15) is 5.56 Å². The molecule has 1 heterocycles. The normalized spacial score (nSPS) is 13.0. The Hall–Kier alpha value is -1.96. The van der Waals surface area contributed by atoms with Gasteiger partial charge < -0.3 is 9.67 Å². The van der Waals surface area contributed by atoms with Gasteiger partial charge in [0, 0.05) is 18.8 Å². The van der Waals surface area contributed by atoms with Crippen molar-refractivity contribution in [2.24, 2.45) is 0 Å². The number of nitrogens with one attached hydrogen (secondary N) is 1. The van der Waals surface area contributed by atoms with E-state index < -0.39 is 16.1 Å². The fourth-order valence-electron chi connectivity index (χ4n) is 1.97. The Morgan fingerprint density at radius 3 is 2.45 bits per heavy atom. The molecule has 2 rings (SSSR count). The highest BCUT2D eigenvalue weighted by molar-refractivity contribution is 7.88. The zero-order valence-corrected chi connectivity index (χ0v) is 12.7. The number of aromatic nitrogens is 1. The van der Waals surface area contributed by atoms with E-state index in [2.05, 4.69) is 4.72 Å². The molecule has 0 fully saturated rings. The molecule has 6 nitrogen and oxygen atoms in total. The number of hydrogen-bond acceptors (Lipinski definition) is 4. The topological polar surface area (TPSA) is 88.4 Å². The van der Waals surface area contributed by atoms with Crippen molar-refractivity contribution in [3.8, 4) is 0 Å². The van der Waals surface area contributed by atoms with Crippen LogP contribution in [0.2, 0.25) is 0 Å². The van der Waals surface area contributed by atoms with Crippen LogP contribution < -0.4 is 10.3 Å². The summed E-state index contributed by atoms with van der Waals surface area (Å²) in [7, 11) is -3.53. The number of benzene rings is 1. The molecule has 1 atom stereocenters. The quantitative estimate of drug-likeness (QED) is 0.769. The van der Waals surface area contributed by atoms with Crippen LogP contribution in [0.15, 0.2) is 59.5 Å². The van der Waals surface area contributed by atoms with Crippen LogP contribution >= 0.6 is 0 Å². The van der Waals surface area contributed by atoms with Crippen LogP contribution in [0.5, 0.6) is 0 Å². The molecule has 1 unspecified atom stereocenters. The van der Waals surface area contributed by atoms with E-state index >= 15 is 0 Å². The van der Waals surface area contributed by atoms with Crippen molar-refractivity contribution in [1.82, 2.24) is 9.29 Å². The first-order chi connectivity index (χ1) is 10.5. The molecular formula is C15H18N2O4S. The molecule has 0 aliphatic heterocycles. The van der Waals surface area contributed by atoms with E-state index in [-0.39, 0.29) is 24.4 Å². The smallest absolute Gasteiger partial charge is 0.250 e. The van der Waals surface area contributed by atoms with Crippen molar-refractivity contribution < 1.29 is 13.5 Å². The van der Waals surface area contributed by atoms with Crippen LogP contribution in [0, 0.1) is 0 Å². The molecular weight excluding hydrogens is 304 g/mol. The van der Waals surface area contributed by atoms with Gasteiger partial charge in [0.2, 0.25) is 10.0 Å². The maximum atomic E-state index is 11.9. The van der Waals surface area contributed by atoms with E-state index in [9.17, 15) is 18.3 Å². The molecule has 0 saturated carbocycles. The number of aliphatic hydroxyl groups is 1. The second-order valence-corrected chi connectivity index (χ2v) is 6.75. The number of nitrogens with zero attached hydrogens (tertiary/aromatic N) is 1. The van der Waals surface area contributed by atoms with Crippen LogP contribution in [0.3, 0.4) is 0 Å². The number of hydrogen-bond donors (Lipinski definition) is 2. The van der Waals surface area contributed by atoms with Crippen molar-refractivity contribution in [2.45, 2.75) is 18.4 Å². The predicted molar refractivity (Wildman–Crippen MR) is 83.8 cm³/mol. The van der Waals surface area contributed by atoms with E-state index in [1.54, 1.807) is 42.6 Å². The summed E-state index contributed by atoms with van der Waals surface area (Å²) in [6.07, 6.45) is 0.565. The standard InChI is InChI=1S/C15H18N2O4S/c18-14(11-17-9-5-4-8-15(17)19)10-16-22(20,21)12-13-6-2-1-3-7-13/h1-9,14,16,18H,10-12H2. The van der Waals surface area contributed by atoms with Crippen LogP contribution in [-0.2, 0) is 22.3 Å². The van der Waals surface area contributed by atoms with Crippen molar-refractivity contribution in [3.63, 3.8) is 0 Å². The third-order valence-electron chi connectivity index (χ3n) is 3.04. The zero-order chi connectivity index (χ0) is 16.0.